The van der Waals surface area contributed by atoms with Gasteiger partial charge < -0.3 is 5.32 Å². The quantitative estimate of drug-likeness (QED) is 0.901. The van der Waals surface area contributed by atoms with Crippen LogP contribution in [0.5, 0.6) is 0 Å². The van der Waals surface area contributed by atoms with E-state index in [2.05, 4.69) is 46.5 Å². The first-order valence-electron chi connectivity index (χ1n) is 6.61. The number of aromatic nitrogens is 1. The van der Waals surface area contributed by atoms with Crippen molar-refractivity contribution in [3.63, 3.8) is 0 Å². The average molecular weight is 271 g/mol. The lowest BCUT2D eigenvalue weighted by Crippen LogP contribution is -2.07. The summed E-state index contributed by atoms with van der Waals surface area (Å²) in [5, 5.41) is 6.22. The number of aryl methyl sites for hydroxylation is 1. The standard InChI is InChI=1S/C15H17N3S/c1-3-12-9-16-15(19-12)18-13-6-4-5-11-8-7-10(2)17-14(11)13/h4-8,12H,3,9H2,1-2H3,(H,16,18). The van der Waals surface area contributed by atoms with Crippen molar-refractivity contribution in [2.24, 2.45) is 4.99 Å². The fraction of sp³-hybridized carbons (Fsp3) is 0.333. The normalized spacial score (nSPS) is 18.6. The number of hydrogen-bond acceptors (Lipinski definition) is 4. The van der Waals surface area contributed by atoms with E-state index in [1.807, 2.05) is 24.8 Å². The Labute approximate surface area is 117 Å². The molecule has 1 aliphatic rings. The summed E-state index contributed by atoms with van der Waals surface area (Å²) < 4.78 is 0. The molecule has 98 valence electrons. The average Bonchev–Trinajstić information content (AvgIpc) is 2.87. The third kappa shape index (κ3) is 2.59. The number of fused-ring (bicyclic) bond motifs is 1. The van der Waals surface area contributed by atoms with E-state index in [0.29, 0.717) is 5.25 Å². The van der Waals surface area contributed by atoms with Crippen LogP contribution >= 0.6 is 11.8 Å². The molecule has 1 unspecified atom stereocenters. The van der Waals surface area contributed by atoms with E-state index >= 15 is 0 Å². The molecule has 2 heterocycles. The summed E-state index contributed by atoms with van der Waals surface area (Å²) in [5.41, 5.74) is 3.10. The van der Waals surface area contributed by atoms with Gasteiger partial charge in [-0.3, -0.25) is 9.98 Å². The molecule has 0 saturated heterocycles. The Morgan fingerprint density at radius 2 is 2.21 bits per heavy atom. The molecule has 3 nitrogen and oxygen atoms in total. The maximum absolute atomic E-state index is 4.63. The Balaban J connectivity index is 1.91. The van der Waals surface area contributed by atoms with Gasteiger partial charge in [-0.2, -0.15) is 0 Å². The van der Waals surface area contributed by atoms with Crippen molar-refractivity contribution in [2.75, 3.05) is 11.9 Å². The highest BCUT2D eigenvalue weighted by Gasteiger charge is 2.18. The minimum absolute atomic E-state index is 0.618. The number of amidine groups is 1. The Bertz CT molecular complexity index is 636. The number of rotatable bonds is 2. The molecule has 0 spiro atoms. The second-order valence-corrected chi connectivity index (χ2v) is 6.04. The number of nitrogens with one attached hydrogen (secondary N) is 1. The van der Waals surface area contributed by atoms with Gasteiger partial charge in [-0.25, -0.2) is 0 Å². The van der Waals surface area contributed by atoms with Gasteiger partial charge in [0.05, 0.1) is 17.7 Å². The van der Waals surface area contributed by atoms with Crippen LogP contribution in [0.2, 0.25) is 0 Å². The number of thioether (sulfide) groups is 1. The molecular formula is C15H17N3S. The number of benzene rings is 1. The number of anilines is 1. The maximum Gasteiger partial charge on any atom is 0.161 e. The molecule has 1 atom stereocenters. The lowest BCUT2D eigenvalue weighted by atomic mass is 10.2. The minimum Gasteiger partial charge on any atom is -0.333 e. The molecule has 0 amide bonds. The molecular weight excluding hydrogens is 254 g/mol. The second-order valence-electron chi connectivity index (χ2n) is 4.75. The SMILES string of the molecule is CCC1CN=C(Nc2cccc3ccc(C)nc23)S1. The first-order chi connectivity index (χ1) is 9.26. The second kappa shape index (κ2) is 5.21. The summed E-state index contributed by atoms with van der Waals surface area (Å²) in [5.74, 6) is 0. The third-order valence-corrected chi connectivity index (χ3v) is 4.54. The van der Waals surface area contributed by atoms with E-state index in [9.17, 15) is 0 Å². The van der Waals surface area contributed by atoms with E-state index in [0.717, 1.165) is 40.4 Å². The molecule has 0 aliphatic carbocycles. The Kier molecular flexibility index (Phi) is 3.42. The number of pyridine rings is 1. The zero-order valence-electron chi connectivity index (χ0n) is 11.2. The van der Waals surface area contributed by atoms with Crippen LogP contribution in [-0.4, -0.2) is 21.9 Å². The van der Waals surface area contributed by atoms with Gasteiger partial charge in [0.1, 0.15) is 0 Å². The molecule has 2 aromatic rings. The topological polar surface area (TPSA) is 37.3 Å². The fourth-order valence-electron chi connectivity index (χ4n) is 2.16. The summed E-state index contributed by atoms with van der Waals surface area (Å²) in [6.07, 6.45) is 1.16. The summed E-state index contributed by atoms with van der Waals surface area (Å²) in [7, 11) is 0. The lowest BCUT2D eigenvalue weighted by molar-refractivity contribution is 0.844. The highest BCUT2D eigenvalue weighted by molar-refractivity contribution is 8.15. The van der Waals surface area contributed by atoms with Crippen LogP contribution in [0.1, 0.15) is 19.0 Å². The van der Waals surface area contributed by atoms with Crippen LogP contribution in [-0.2, 0) is 0 Å². The van der Waals surface area contributed by atoms with E-state index < -0.39 is 0 Å². The summed E-state index contributed by atoms with van der Waals surface area (Å²) in [6, 6.07) is 10.4. The number of aliphatic imine (C=N–C) groups is 1. The van der Waals surface area contributed by atoms with Gasteiger partial charge in [-0.1, -0.05) is 36.9 Å². The van der Waals surface area contributed by atoms with Crippen molar-refractivity contribution in [2.45, 2.75) is 25.5 Å². The van der Waals surface area contributed by atoms with Crippen LogP contribution in [0.25, 0.3) is 10.9 Å². The predicted octanol–water partition coefficient (Wildman–Crippen LogP) is 3.84. The van der Waals surface area contributed by atoms with Crippen LogP contribution in [0.15, 0.2) is 35.3 Å². The van der Waals surface area contributed by atoms with Gasteiger partial charge in [0.25, 0.3) is 0 Å². The van der Waals surface area contributed by atoms with E-state index in [1.54, 1.807) is 0 Å². The Morgan fingerprint density at radius 1 is 1.32 bits per heavy atom. The molecule has 3 rings (SSSR count). The highest BCUT2D eigenvalue weighted by Crippen LogP contribution is 2.27. The summed E-state index contributed by atoms with van der Waals surface area (Å²) in [6.45, 7) is 5.14. The fourth-order valence-corrected chi connectivity index (χ4v) is 3.11. The van der Waals surface area contributed by atoms with Crippen LogP contribution in [0.4, 0.5) is 5.69 Å². The zero-order chi connectivity index (χ0) is 13.2. The predicted molar refractivity (Wildman–Crippen MR) is 84.1 cm³/mol. The van der Waals surface area contributed by atoms with E-state index in [4.69, 9.17) is 0 Å². The molecule has 0 fully saturated rings. The van der Waals surface area contributed by atoms with Gasteiger partial charge in [0, 0.05) is 16.3 Å². The van der Waals surface area contributed by atoms with Gasteiger partial charge >= 0.3 is 0 Å². The number of nitrogens with zero attached hydrogens (tertiary/aromatic N) is 2. The Morgan fingerprint density at radius 3 is 3.00 bits per heavy atom. The molecule has 1 N–H and O–H groups in total. The first-order valence-corrected chi connectivity index (χ1v) is 7.48. The van der Waals surface area contributed by atoms with Crippen molar-refractivity contribution in [3.05, 3.63) is 36.0 Å². The molecule has 1 aromatic heterocycles. The Hall–Kier alpha value is -1.55. The smallest absolute Gasteiger partial charge is 0.161 e. The third-order valence-electron chi connectivity index (χ3n) is 3.27. The number of para-hydroxylation sites is 1. The molecule has 1 aromatic carbocycles. The van der Waals surface area contributed by atoms with Crippen molar-refractivity contribution < 1.29 is 0 Å². The van der Waals surface area contributed by atoms with Gasteiger partial charge in [0.2, 0.25) is 0 Å². The first kappa shape index (κ1) is 12.5. The lowest BCUT2D eigenvalue weighted by Gasteiger charge is -2.09. The zero-order valence-corrected chi connectivity index (χ0v) is 12.0. The van der Waals surface area contributed by atoms with Crippen molar-refractivity contribution in [3.8, 4) is 0 Å². The van der Waals surface area contributed by atoms with Crippen molar-refractivity contribution in [1.82, 2.24) is 4.98 Å². The van der Waals surface area contributed by atoms with Crippen LogP contribution in [0.3, 0.4) is 0 Å². The molecule has 19 heavy (non-hydrogen) atoms. The number of hydrogen-bond donors (Lipinski definition) is 1. The van der Waals surface area contributed by atoms with Gasteiger partial charge in [0.15, 0.2) is 5.17 Å². The molecule has 0 bridgehead atoms. The molecule has 0 saturated carbocycles. The monoisotopic (exact) mass is 271 g/mol. The van der Waals surface area contributed by atoms with E-state index in [-0.39, 0.29) is 0 Å². The van der Waals surface area contributed by atoms with Gasteiger partial charge in [-0.15, -0.1) is 0 Å². The maximum atomic E-state index is 4.63. The molecule has 0 radical (unpaired) electrons. The minimum atomic E-state index is 0.618. The molecule has 4 heteroatoms. The molecule has 1 aliphatic heterocycles. The van der Waals surface area contributed by atoms with Crippen molar-refractivity contribution >= 4 is 33.5 Å². The van der Waals surface area contributed by atoms with E-state index in [1.165, 1.54) is 0 Å². The van der Waals surface area contributed by atoms with Gasteiger partial charge in [-0.05, 0) is 25.5 Å². The van der Waals surface area contributed by atoms with Crippen LogP contribution < -0.4 is 5.32 Å². The highest BCUT2D eigenvalue weighted by atomic mass is 32.2. The largest absolute Gasteiger partial charge is 0.333 e. The van der Waals surface area contributed by atoms with Crippen LogP contribution in [0, 0.1) is 6.92 Å². The van der Waals surface area contributed by atoms with Crippen molar-refractivity contribution in [1.29, 1.82) is 0 Å². The summed E-state index contributed by atoms with van der Waals surface area (Å²) >= 11 is 1.83. The summed E-state index contributed by atoms with van der Waals surface area (Å²) in [4.78, 5) is 9.18.